The molecule has 2 N–H and O–H groups in total. The molecule has 0 aromatic rings. The van der Waals surface area contributed by atoms with Gasteiger partial charge >= 0.3 is 0 Å². The van der Waals surface area contributed by atoms with Gasteiger partial charge in [-0.25, -0.2) is 0 Å². The third-order valence-corrected chi connectivity index (χ3v) is 10.3. The van der Waals surface area contributed by atoms with Crippen LogP contribution in [0, 0.1) is 46.3 Å². The van der Waals surface area contributed by atoms with Gasteiger partial charge < -0.3 is 10.2 Å². The van der Waals surface area contributed by atoms with Gasteiger partial charge in [0.1, 0.15) is 0 Å². The predicted molar refractivity (Wildman–Crippen MR) is 144 cm³/mol. The van der Waals surface area contributed by atoms with Crippen LogP contribution in [-0.2, 0) is 4.79 Å². The van der Waals surface area contributed by atoms with Gasteiger partial charge in [0.25, 0.3) is 0 Å². The molecule has 4 aliphatic rings. The lowest BCUT2D eigenvalue weighted by molar-refractivity contribution is -0.0573. The Labute approximate surface area is 215 Å². The highest BCUT2D eigenvalue weighted by molar-refractivity contribution is 6.54. The van der Waals surface area contributed by atoms with Crippen LogP contribution in [0.2, 0.25) is 0 Å². The van der Waals surface area contributed by atoms with E-state index in [2.05, 4.69) is 52.3 Å². The molecular weight excluding hydrogens is 444 g/mol. The summed E-state index contributed by atoms with van der Waals surface area (Å²) in [5, 5.41) is 17.8. The average Bonchev–Trinajstić information content (AvgIpc) is 3.12. The van der Waals surface area contributed by atoms with Crippen molar-refractivity contribution in [2.45, 2.75) is 118 Å². The standard InChI is InChI=1S/C27H46O.C2H6O.CHClO/c1-18(2)7-6-8-19(3)23-11-12-24-22-10-9-20-17-21(28)13-15-26(20,4)25(22)14-16-27(23,24)5;1-2-3;2-1-3/h9,18-19,21-25,28H,6-8,10-17H2,1-5H3;3H,2H2,1H3;1H/t19?,21-,22-,23+,24-,25-,26-,27+;;/m0../s1. The Morgan fingerprint density at radius 2 is 1.74 bits per heavy atom. The molecule has 1 unspecified atom stereocenters. The largest absolute Gasteiger partial charge is 0.397 e. The van der Waals surface area contributed by atoms with E-state index in [9.17, 15) is 5.11 Å². The Hall–Kier alpha value is -0.380. The van der Waals surface area contributed by atoms with Gasteiger partial charge in [-0.1, -0.05) is 65.5 Å². The van der Waals surface area contributed by atoms with Crippen molar-refractivity contribution in [2.75, 3.05) is 6.61 Å². The minimum Gasteiger partial charge on any atom is -0.397 e. The van der Waals surface area contributed by atoms with Crippen molar-refractivity contribution >= 4 is 17.3 Å². The Kier molecular flexibility index (Phi) is 11.6. The summed E-state index contributed by atoms with van der Waals surface area (Å²) in [5.41, 5.74) is 2.60. The van der Waals surface area contributed by atoms with Gasteiger partial charge in [0.2, 0.25) is 5.75 Å². The van der Waals surface area contributed by atoms with Crippen LogP contribution in [0.3, 0.4) is 0 Å². The molecule has 3 saturated carbocycles. The number of halogens is 1. The zero-order chi connectivity index (χ0) is 25.5. The number of aliphatic hydroxyl groups is 2. The lowest BCUT2D eigenvalue weighted by Gasteiger charge is -2.58. The van der Waals surface area contributed by atoms with Gasteiger partial charge in [-0.05, 0) is 116 Å². The molecule has 3 nitrogen and oxygen atoms in total. The molecule has 0 bridgehead atoms. The molecule has 3 fully saturated rings. The molecular formula is C30H53ClO3. The molecule has 34 heavy (non-hydrogen) atoms. The maximum Gasteiger partial charge on any atom is 0.208 e. The van der Waals surface area contributed by atoms with Gasteiger partial charge in [0, 0.05) is 6.61 Å². The summed E-state index contributed by atoms with van der Waals surface area (Å²) in [6.45, 7) is 14.5. The van der Waals surface area contributed by atoms with E-state index in [4.69, 9.17) is 9.90 Å². The van der Waals surface area contributed by atoms with Crippen molar-refractivity contribution in [3.05, 3.63) is 11.6 Å². The van der Waals surface area contributed by atoms with Gasteiger partial charge in [0.05, 0.1) is 6.10 Å². The fourth-order valence-corrected chi connectivity index (χ4v) is 8.67. The van der Waals surface area contributed by atoms with Gasteiger partial charge in [-0.15, -0.1) is 0 Å². The van der Waals surface area contributed by atoms with E-state index in [0.29, 0.717) is 10.8 Å². The van der Waals surface area contributed by atoms with Gasteiger partial charge in [-0.2, -0.15) is 0 Å². The lowest BCUT2D eigenvalue weighted by atomic mass is 9.47. The average molecular weight is 497 g/mol. The van der Waals surface area contributed by atoms with E-state index in [0.717, 1.165) is 48.3 Å². The molecule has 0 aliphatic heterocycles. The highest BCUT2D eigenvalue weighted by atomic mass is 35.5. The molecule has 0 saturated heterocycles. The molecule has 4 rings (SSSR count). The van der Waals surface area contributed by atoms with E-state index >= 15 is 0 Å². The lowest BCUT2D eigenvalue weighted by Crippen LogP contribution is -2.50. The minimum absolute atomic E-state index is 0.0766. The molecule has 4 heteroatoms. The maximum atomic E-state index is 10.2. The number of hydrogen-bond donors (Lipinski definition) is 2. The molecule has 4 aliphatic carbocycles. The van der Waals surface area contributed by atoms with Crippen LogP contribution >= 0.6 is 11.6 Å². The molecule has 0 aromatic heterocycles. The highest BCUT2D eigenvalue weighted by Gasteiger charge is 2.59. The van der Waals surface area contributed by atoms with Crippen molar-refractivity contribution in [3.63, 3.8) is 0 Å². The summed E-state index contributed by atoms with van der Waals surface area (Å²) in [5.74, 6) is 5.68. The number of aliphatic hydroxyl groups excluding tert-OH is 2. The predicted octanol–water partition coefficient (Wildman–Crippen LogP) is 7.80. The van der Waals surface area contributed by atoms with E-state index < -0.39 is 0 Å². The van der Waals surface area contributed by atoms with Crippen LogP contribution in [0.5, 0.6) is 0 Å². The van der Waals surface area contributed by atoms with Crippen molar-refractivity contribution in [2.24, 2.45) is 46.3 Å². The second-order valence-electron chi connectivity index (χ2n) is 12.6. The number of fused-ring (bicyclic) bond motifs is 5. The van der Waals surface area contributed by atoms with Crippen LogP contribution in [0.25, 0.3) is 0 Å². The fraction of sp³-hybridized carbons (Fsp3) is 0.900. The smallest absolute Gasteiger partial charge is 0.208 e. The minimum atomic E-state index is -0.0766. The normalized spacial score (nSPS) is 39.2. The Morgan fingerprint density at radius 3 is 2.35 bits per heavy atom. The van der Waals surface area contributed by atoms with Crippen LogP contribution in [-0.4, -0.2) is 28.7 Å². The topological polar surface area (TPSA) is 57.5 Å². The number of hydrogen-bond acceptors (Lipinski definition) is 3. The first-order valence-corrected chi connectivity index (χ1v) is 14.5. The number of rotatable bonds is 5. The van der Waals surface area contributed by atoms with Crippen molar-refractivity contribution in [3.8, 4) is 0 Å². The molecule has 0 spiro atoms. The molecule has 0 radical (unpaired) electrons. The van der Waals surface area contributed by atoms with E-state index in [1.807, 2.05) is 0 Å². The third kappa shape index (κ3) is 6.48. The monoisotopic (exact) mass is 496 g/mol. The van der Waals surface area contributed by atoms with Crippen LogP contribution in [0.4, 0.5) is 0 Å². The first-order chi connectivity index (χ1) is 16.1. The highest BCUT2D eigenvalue weighted by Crippen LogP contribution is 2.67. The molecule has 0 aromatic carbocycles. The zero-order valence-corrected chi connectivity index (χ0v) is 23.6. The van der Waals surface area contributed by atoms with Crippen molar-refractivity contribution in [1.82, 2.24) is 0 Å². The number of allylic oxidation sites excluding steroid dienone is 1. The zero-order valence-electron chi connectivity index (χ0n) is 22.9. The quantitative estimate of drug-likeness (QED) is 0.232. The van der Waals surface area contributed by atoms with Gasteiger partial charge in [0.15, 0.2) is 0 Å². The second kappa shape index (κ2) is 13.2. The first kappa shape index (κ1) is 29.8. The van der Waals surface area contributed by atoms with E-state index in [1.165, 1.54) is 57.8 Å². The second-order valence-corrected chi connectivity index (χ2v) is 12.8. The number of carbonyl (C=O) groups is 1. The van der Waals surface area contributed by atoms with Gasteiger partial charge in [-0.3, -0.25) is 4.79 Å². The molecule has 0 amide bonds. The molecule has 0 heterocycles. The number of carbonyl (C=O) groups excluding carboxylic acids is 1. The summed E-state index contributed by atoms with van der Waals surface area (Å²) in [6.07, 6.45) is 17.2. The van der Waals surface area contributed by atoms with E-state index in [-0.39, 0.29) is 18.5 Å². The third-order valence-electron chi connectivity index (χ3n) is 10.3. The SMILES string of the molecule is CC(C)CCCC(C)[C@H]1CC[C@H]2[C@@H]3CC=C4C[C@@H](O)CC[C@]4(C)[C@H]3CC[C@]12C.CCO.O=CCl. The molecule has 8 atom stereocenters. The fourth-order valence-electron chi connectivity index (χ4n) is 8.67. The Morgan fingerprint density at radius 1 is 1.09 bits per heavy atom. The summed E-state index contributed by atoms with van der Waals surface area (Å²) >= 11 is 4.32. The first-order valence-electron chi connectivity index (χ1n) is 14.1. The van der Waals surface area contributed by atoms with Crippen LogP contribution in [0.15, 0.2) is 11.6 Å². The van der Waals surface area contributed by atoms with E-state index in [1.54, 1.807) is 12.5 Å². The summed E-state index contributed by atoms with van der Waals surface area (Å²) in [4.78, 5) is 8.57. The van der Waals surface area contributed by atoms with Crippen LogP contribution in [0.1, 0.15) is 112 Å². The van der Waals surface area contributed by atoms with Crippen LogP contribution < -0.4 is 0 Å². The summed E-state index contributed by atoms with van der Waals surface area (Å²) in [6, 6.07) is 0. The van der Waals surface area contributed by atoms with Crippen molar-refractivity contribution < 1.29 is 15.0 Å². The summed E-state index contributed by atoms with van der Waals surface area (Å²) in [7, 11) is 0. The van der Waals surface area contributed by atoms with Crippen molar-refractivity contribution in [1.29, 1.82) is 0 Å². The maximum absolute atomic E-state index is 10.2. The molecule has 198 valence electrons. The summed E-state index contributed by atoms with van der Waals surface area (Å²) < 4.78 is 0. The Bertz CT molecular complexity index is 661. The Balaban J connectivity index is 0.000000618.